The molecule has 1 N–H and O–H groups in total. The minimum absolute atomic E-state index is 0.0795. The first-order valence-electron chi connectivity index (χ1n) is 12.5. The Morgan fingerprint density at radius 3 is 2.09 bits per heavy atom. The lowest BCUT2D eigenvalue weighted by atomic mass is 9.94. The molecule has 0 radical (unpaired) electrons. The van der Waals surface area contributed by atoms with Gasteiger partial charge in [-0.05, 0) is 35.6 Å². The SMILES string of the molecule is O=C(NC1CCCCC1)[C@@H](Cc1ccccc1)N(Cc1ccccc1)C(=O)Cc1ccccc1Cl. The van der Waals surface area contributed by atoms with Crippen LogP contribution in [0.25, 0.3) is 0 Å². The summed E-state index contributed by atoms with van der Waals surface area (Å²) in [5.41, 5.74) is 2.78. The van der Waals surface area contributed by atoms with Gasteiger partial charge in [-0.2, -0.15) is 0 Å². The second-order valence-corrected chi connectivity index (χ2v) is 9.73. The molecule has 1 aliphatic carbocycles. The highest BCUT2D eigenvalue weighted by Crippen LogP contribution is 2.22. The van der Waals surface area contributed by atoms with Gasteiger partial charge in [0, 0.05) is 24.0 Å². The lowest BCUT2D eigenvalue weighted by molar-refractivity contribution is -0.141. The molecule has 1 aliphatic rings. The Morgan fingerprint density at radius 1 is 0.829 bits per heavy atom. The highest BCUT2D eigenvalue weighted by molar-refractivity contribution is 6.31. The molecule has 35 heavy (non-hydrogen) atoms. The number of amides is 2. The second-order valence-electron chi connectivity index (χ2n) is 9.32. The molecule has 0 unspecified atom stereocenters. The number of carbonyl (C=O) groups excluding carboxylic acids is 2. The lowest BCUT2D eigenvalue weighted by Crippen LogP contribution is -2.53. The van der Waals surface area contributed by atoms with Gasteiger partial charge in [-0.25, -0.2) is 0 Å². The highest BCUT2D eigenvalue weighted by Gasteiger charge is 2.32. The van der Waals surface area contributed by atoms with E-state index < -0.39 is 6.04 Å². The fourth-order valence-electron chi connectivity index (χ4n) is 4.78. The molecule has 0 aromatic heterocycles. The van der Waals surface area contributed by atoms with E-state index in [0.717, 1.165) is 42.4 Å². The smallest absolute Gasteiger partial charge is 0.243 e. The molecule has 0 heterocycles. The number of hydrogen-bond acceptors (Lipinski definition) is 2. The average molecular weight is 489 g/mol. The van der Waals surface area contributed by atoms with E-state index in [2.05, 4.69) is 5.32 Å². The second kappa shape index (κ2) is 12.6. The van der Waals surface area contributed by atoms with Gasteiger partial charge in [0.05, 0.1) is 6.42 Å². The van der Waals surface area contributed by atoms with Gasteiger partial charge >= 0.3 is 0 Å². The molecule has 5 heteroatoms. The van der Waals surface area contributed by atoms with E-state index in [0.29, 0.717) is 18.0 Å². The van der Waals surface area contributed by atoms with Crippen molar-refractivity contribution in [2.75, 3.05) is 0 Å². The van der Waals surface area contributed by atoms with Gasteiger partial charge in [0.2, 0.25) is 11.8 Å². The normalized spacial score (nSPS) is 14.8. The Kier molecular flexibility index (Phi) is 8.96. The third-order valence-corrected chi connectivity index (χ3v) is 7.09. The van der Waals surface area contributed by atoms with Crippen LogP contribution in [0.2, 0.25) is 5.02 Å². The molecule has 3 aromatic rings. The summed E-state index contributed by atoms with van der Waals surface area (Å²) >= 11 is 6.38. The summed E-state index contributed by atoms with van der Waals surface area (Å²) in [6, 6.07) is 26.8. The van der Waals surface area contributed by atoms with Crippen molar-refractivity contribution in [3.05, 3.63) is 107 Å². The van der Waals surface area contributed by atoms with E-state index in [1.165, 1.54) is 6.42 Å². The van der Waals surface area contributed by atoms with Crippen molar-refractivity contribution in [1.29, 1.82) is 0 Å². The molecule has 4 nitrogen and oxygen atoms in total. The topological polar surface area (TPSA) is 49.4 Å². The number of hydrogen-bond donors (Lipinski definition) is 1. The number of benzene rings is 3. The monoisotopic (exact) mass is 488 g/mol. The van der Waals surface area contributed by atoms with Crippen LogP contribution in [0.15, 0.2) is 84.9 Å². The highest BCUT2D eigenvalue weighted by atomic mass is 35.5. The lowest BCUT2D eigenvalue weighted by Gasteiger charge is -2.33. The van der Waals surface area contributed by atoms with Gasteiger partial charge in [-0.1, -0.05) is 110 Å². The van der Waals surface area contributed by atoms with Crippen LogP contribution in [-0.4, -0.2) is 28.8 Å². The zero-order valence-electron chi connectivity index (χ0n) is 20.0. The van der Waals surface area contributed by atoms with Crippen LogP contribution in [0.5, 0.6) is 0 Å². The molecule has 1 atom stereocenters. The quantitative estimate of drug-likeness (QED) is 0.403. The predicted molar refractivity (Wildman–Crippen MR) is 141 cm³/mol. The molecule has 1 fully saturated rings. The van der Waals surface area contributed by atoms with Crippen molar-refractivity contribution in [3.8, 4) is 0 Å². The van der Waals surface area contributed by atoms with E-state index in [1.807, 2.05) is 78.9 Å². The number of nitrogens with zero attached hydrogens (tertiary/aromatic N) is 1. The van der Waals surface area contributed by atoms with Gasteiger partial charge in [0.25, 0.3) is 0 Å². The number of carbonyl (C=O) groups is 2. The van der Waals surface area contributed by atoms with Gasteiger partial charge < -0.3 is 10.2 Å². The van der Waals surface area contributed by atoms with Crippen molar-refractivity contribution in [1.82, 2.24) is 10.2 Å². The van der Waals surface area contributed by atoms with Crippen LogP contribution in [0.1, 0.15) is 48.8 Å². The Balaban J connectivity index is 1.64. The largest absolute Gasteiger partial charge is 0.352 e. The van der Waals surface area contributed by atoms with Crippen LogP contribution in [0.4, 0.5) is 0 Å². The van der Waals surface area contributed by atoms with Crippen molar-refractivity contribution >= 4 is 23.4 Å². The molecule has 4 rings (SSSR count). The molecular formula is C30H33ClN2O2. The van der Waals surface area contributed by atoms with Crippen molar-refractivity contribution in [3.63, 3.8) is 0 Å². The zero-order valence-corrected chi connectivity index (χ0v) is 20.8. The molecule has 1 saturated carbocycles. The third-order valence-electron chi connectivity index (χ3n) is 6.72. The van der Waals surface area contributed by atoms with Crippen LogP contribution in [0, 0.1) is 0 Å². The maximum Gasteiger partial charge on any atom is 0.243 e. The molecular weight excluding hydrogens is 456 g/mol. The van der Waals surface area contributed by atoms with Crippen LogP contribution < -0.4 is 5.32 Å². The number of rotatable bonds is 9. The molecule has 182 valence electrons. The Hall–Kier alpha value is -3.11. The van der Waals surface area contributed by atoms with Crippen molar-refractivity contribution < 1.29 is 9.59 Å². The molecule has 2 amide bonds. The van der Waals surface area contributed by atoms with Crippen molar-refractivity contribution in [2.24, 2.45) is 0 Å². The standard InChI is InChI=1S/C30H33ClN2O2/c31-27-19-11-10-16-25(27)21-29(34)33(22-24-14-6-2-7-15-24)28(20-23-12-4-1-5-13-23)30(35)32-26-17-8-3-9-18-26/h1-2,4-7,10-16,19,26,28H,3,8-9,17-18,20-22H2,(H,32,35)/t28-/m1/s1. The molecule has 0 saturated heterocycles. The predicted octanol–water partition coefficient (Wildman–Crippen LogP) is 5.97. The first-order valence-corrected chi connectivity index (χ1v) is 12.9. The minimum atomic E-state index is -0.616. The molecule has 0 aliphatic heterocycles. The summed E-state index contributed by atoms with van der Waals surface area (Å²) < 4.78 is 0. The third kappa shape index (κ3) is 7.19. The minimum Gasteiger partial charge on any atom is -0.352 e. The first kappa shape index (κ1) is 25.0. The van der Waals surface area contributed by atoms with Gasteiger partial charge in [0.15, 0.2) is 0 Å². The van der Waals surface area contributed by atoms with E-state index >= 15 is 0 Å². The van der Waals surface area contributed by atoms with Gasteiger partial charge in [0.1, 0.15) is 6.04 Å². The van der Waals surface area contributed by atoms with Gasteiger partial charge in [-0.15, -0.1) is 0 Å². The fourth-order valence-corrected chi connectivity index (χ4v) is 4.99. The fraction of sp³-hybridized carbons (Fsp3) is 0.333. The maximum atomic E-state index is 13.8. The summed E-state index contributed by atoms with van der Waals surface area (Å²) in [5, 5.41) is 3.84. The number of nitrogens with one attached hydrogen (secondary N) is 1. The first-order chi connectivity index (χ1) is 17.1. The summed E-state index contributed by atoms with van der Waals surface area (Å²) in [5.74, 6) is -0.189. The van der Waals surface area contributed by atoms with E-state index in [9.17, 15) is 9.59 Å². The Morgan fingerprint density at radius 2 is 1.43 bits per heavy atom. The summed E-state index contributed by atoms with van der Waals surface area (Å²) in [6.45, 7) is 0.361. The van der Waals surface area contributed by atoms with Crippen LogP contribution in [-0.2, 0) is 29.0 Å². The van der Waals surface area contributed by atoms with E-state index in [4.69, 9.17) is 11.6 Å². The van der Waals surface area contributed by atoms with E-state index in [-0.39, 0.29) is 24.3 Å². The zero-order chi connectivity index (χ0) is 24.5. The average Bonchev–Trinajstić information content (AvgIpc) is 2.89. The summed E-state index contributed by atoms with van der Waals surface area (Å²) in [7, 11) is 0. The van der Waals surface area contributed by atoms with Gasteiger partial charge in [-0.3, -0.25) is 9.59 Å². The number of halogens is 1. The van der Waals surface area contributed by atoms with Crippen LogP contribution >= 0.6 is 11.6 Å². The Bertz CT molecular complexity index is 1100. The molecule has 0 bridgehead atoms. The van der Waals surface area contributed by atoms with E-state index in [1.54, 1.807) is 11.0 Å². The Labute approximate surface area is 213 Å². The maximum absolute atomic E-state index is 13.8. The molecule has 3 aromatic carbocycles. The molecule has 0 spiro atoms. The van der Waals surface area contributed by atoms with Crippen molar-refractivity contribution in [2.45, 2.75) is 63.6 Å². The summed E-state index contributed by atoms with van der Waals surface area (Å²) in [4.78, 5) is 29.3. The summed E-state index contributed by atoms with van der Waals surface area (Å²) in [6.07, 6.45) is 6.08. The van der Waals surface area contributed by atoms with Crippen LogP contribution in [0.3, 0.4) is 0 Å².